The molecule has 0 aromatic heterocycles. The third kappa shape index (κ3) is 4.85. The van der Waals surface area contributed by atoms with Gasteiger partial charge in [-0.15, -0.1) is 0 Å². The van der Waals surface area contributed by atoms with Gasteiger partial charge >= 0.3 is 123 Å². The Bertz CT molecular complexity index is 489. The molecule has 5 heteroatoms. The molecule has 0 aliphatic rings. The summed E-state index contributed by atoms with van der Waals surface area (Å²) in [5, 5.41) is 18.6. The van der Waals surface area contributed by atoms with E-state index in [0.717, 1.165) is 0 Å². The SMILES string of the molecule is [CH3][Sn]([CH3])([S]c1ccc(O)cc1)[S]c1ccc(O)cc1. The first-order chi connectivity index (χ1) is 8.94. The minimum absolute atomic E-state index is 0.309. The van der Waals surface area contributed by atoms with Gasteiger partial charge in [-0.25, -0.2) is 0 Å². The molecule has 2 aromatic carbocycles. The molecule has 19 heavy (non-hydrogen) atoms. The Morgan fingerprint density at radius 3 is 1.32 bits per heavy atom. The summed E-state index contributed by atoms with van der Waals surface area (Å²) >= 11 is -2.33. The van der Waals surface area contributed by atoms with Crippen LogP contribution in [0.25, 0.3) is 0 Å². The van der Waals surface area contributed by atoms with Crippen molar-refractivity contribution >= 4 is 33.5 Å². The predicted molar refractivity (Wildman–Crippen MR) is 85.4 cm³/mol. The molecule has 100 valence electrons. The van der Waals surface area contributed by atoms with Crippen molar-refractivity contribution < 1.29 is 10.2 Å². The maximum absolute atomic E-state index is 9.30. The van der Waals surface area contributed by atoms with Crippen molar-refractivity contribution in [3.63, 3.8) is 0 Å². The van der Waals surface area contributed by atoms with Crippen LogP contribution in [0.5, 0.6) is 11.5 Å². The summed E-state index contributed by atoms with van der Waals surface area (Å²) in [6.45, 7) is 0. The first-order valence-corrected chi connectivity index (χ1v) is 20.2. The summed E-state index contributed by atoms with van der Waals surface area (Å²) in [7, 11) is 3.91. The molecular weight excluding hydrogens is 383 g/mol. The van der Waals surface area contributed by atoms with Gasteiger partial charge in [0.05, 0.1) is 0 Å². The van der Waals surface area contributed by atoms with Crippen molar-refractivity contribution in [2.75, 3.05) is 0 Å². The Morgan fingerprint density at radius 2 is 1.00 bits per heavy atom. The third-order valence-corrected chi connectivity index (χ3v) is 20.2. The van der Waals surface area contributed by atoms with Crippen LogP contribution in [0, 0.1) is 0 Å². The second-order valence-corrected chi connectivity index (χ2v) is 32.9. The molecule has 0 aliphatic carbocycles. The van der Waals surface area contributed by atoms with Crippen LogP contribution in [-0.4, -0.2) is 25.8 Å². The Labute approximate surface area is 123 Å². The summed E-state index contributed by atoms with van der Waals surface area (Å²) in [5.41, 5.74) is 0. The molecule has 0 radical (unpaired) electrons. The molecule has 2 N–H and O–H groups in total. The summed E-state index contributed by atoms with van der Waals surface area (Å²) < 4.78 is 0. The second-order valence-electron chi connectivity index (χ2n) is 4.59. The van der Waals surface area contributed by atoms with Gasteiger partial charge in [0.15, 0.2) is 0 Å². The minimum atomic E-state index is -2.33. The van der Waals surface area contributed by atoms with E-state index >= 15 is 0 Å². The van der Waals surface area contributed by atoms with E-state index in [0.29, 0.717) is 11.5 Å². The van der Waals surface area contributed by atoms with E-state index in [-0.39, 0.29) is 0 Å². The van der Waals surface area contributed by atoms with Crippen molar-refractivity contribution in [3.8, 4) is 11.5 Å². The average molecular weight is 399 g/mol. The molecule has 0 bridgehead atoms. The molecule has 0 saturated heterocycles. The summed E-state index contributed by atoms with van der Waals surface area (Å²) in [6, 6.07) is 14.8. The zero-order valence-corrected chi connectivity index (χ0v) is 15.3. The number of hydrogen-bond donors (Lipinski definition) is 2. The van der Waals surface area contributed by atoms with Crippen LogP contribution in [0.3, 0.4) is 0 Å². The molecule has 0 fully saturated rings. The van der Waals surface area contributed by atoms with Gasteiger partial charge in [0.25, 0.3) is 0 Å². The van der Waals surface area contributed by atoms with Crippen LogP contribution in [0.2, 0.25) is 9.88 Å². The fourth-order valence-corrected chi connectivity index (χ4v) is 20.5. The Kier molecular flexibility index (Phi) is 4.97. The van der Waals surface area contributed by atoms with Crippen molar-refractivity contribution in [3.05, 3.63) is 48.5 Å². The van der Waals surface area contributed by atoms with E-state index in [1.54, 1.807) is 24.3 Å². The van der Waals surface area contributed by atoms with Gasteiger partial charge < -0.3 is 0 Å². The number of phenolic OH excluding ortho intramolecular Hbond substituents is 2. The number of hydrogen-bond acceptors (Lipinski definition) is 4. The van der Waals surface area contributed by atoms with Gasteiger partial charge in [-0.05, 0) is 0 Å². The number of rotatable bonds is 4. The van der Waals surface area contributed by atoms with Crippen LogP contribution >= 0.6 is 17.9 Å². The Morgan fingerprint density at radius 1 is 0.684 bits per heavy atom. The first-order valence-electron chi connectivity index (χ1n) is 5.91. The molecule has 2 rings (SSSR count). The van der Waals surface area contributed by atoms with E-state index in [1.807, 2.05) is 42.2 Å². The second kappa shape index (κ2) is 6.33. The molecule has 0 saturated carbocycles. The van der Waals surface area contributed by atoms with Crippen LogP contribution in [0.15, 0.2) is 58.3 Å². The van der Waals surface area contributed by atoms with Crippen LogP contribution < -0.4 is 0 Å². The van der Waals surface area contributed by atoms with E-state index in [2.05, 4.69) is 9.88 Å². The van der Waals surface area contributed by atoms with Crippen molar-refractivity contribution in [2.45, 2.75) is 19.7 Å². The van der Waals surface area contributed by atoms with Crippen molar-refractivity contribution in [1.82, 2.24) is 0 Å². The van der Waals surface area contributed by atoms with Crippen molar-refractivity contribution in [1.29, 1.82) is 0 Å². The maximum atomic E-state index is 9.30. The predicted octanol–water partition coefficient (Wildman–Crippen LogP) is 4.68. The monoisotopic (exact) mass is 400 g/mol. The van der Waals surface area contributed by atoms with Crippen LogP contribution in [-0.2, 0) is 0 Å². The molecule has 0 spiro atoms. The Hall–Kier alpha value is -0.461. The number of aromatic hydroxyl groups is 2. The molecular formula is C14H16O2S2Sn. The normalized spacial score (nSPS) is 11.5. The van der Waals surface area contributed by atoms with Gasteiger partial charge in [-0.3, -0.25) is 0 Å². The molecule has 0 aliphatic heterocycles. The van der Waals surface area contributed by atoms with Gasteiger partial charge in [-0.1, -0.05) is 0 Å². The topological polar surface area (TPSA) is 40.5 Å². The van der Waals surface area contributed by atoms with Gasteiger partial charge in [-0.2, -0.15) is 0 Å². The molecule has 0 amide bonds. The average Bonchev–Trinajstić information content (AvgIpc) is 2.34. The fraction of sp³-hybridized carbons (Fsp3) is 0.143. The first kappa shape index (κ1) is 14.9. The zero-order valence-electron chi connectivity index (χ0n) is 10.8. The van der Waals surface area contributed by atoms with Crippen LogP contribution in [0.4, 0.5) is 0 Å². The van der Waals surface area contributed by atoms with E-state index in [9.17, 15) is 10.2 Å². The standard InChI is InChI=1S/2C6H6OS.2CH3.Sn/c2*7-5-1-3-6(8)4-2-5;;;/h2*1-4,7-8H;2*1H3;/q;;;;+2/p-2. The molecule has 2 nitrogen and oxygen atoms in total. The molecule has 2 aromatic rings. The fourth-order valence-electron chi connectivity index (χ4n) is 1.62. The van der Waals surface area contributed by atoms with E-state index in [4.69, 9.17) is 0 Å². The van der Waals surface area contributed by atoms with Crippen LogP contribution in [0.1, 0.15) is 0 Å². The number of benzene rings is 2. The zero-order chi connectivity index (χ0) is 13.9. The summed E-state index contributed by atoms with van der Waals surface area (Å²) in [4.78, 5) is 7.16. The van der Waals surface area contributed by atoms with E-state index in [1.165, 1.54) is 9.79 Å². The number of phenols is 2. The third-order valence-electron chi connectivity index (χ3n) is 2.40. The quantitative estimate of drug-likeness (QED) is 0.733. The summed E-state index contributed by atoms with van der Waals surface area (Å²) in [6.07, 6.45) is 0. The van der Waals surface area contributed by atoms with E-state index < -0.39 is 15.6 Å². The Balaban J connectivity index is 2.05. The molecule has 0 unspecified atom stereocenters. The summed E-state index contributed by atoms with van der Waals surface area (Å²) in [5.74, 6) is 0.618. The van der Waals surface area contributed by atoms with Crippen molar-refractivity contribution in [2.24, 2.45) is 0 Å². The molecule has 0 atom stereocenters. The van der Waals surface area contributed by atoms with Gasteiger partial charge in [0, 0.05) is 0 Å². The molecule has 0 heterocycles. The van der Waals surface area contributed by atoms with Gasteiger partial charge in [0.1, 0.15) is 0 Å². The van der Waals surface area contributed by atoms with Gasteiger partial charge in [0.2, 0.25) is 0 Å².